The van der Waals surface area contributed by atoms with Gasteiger partial charge in [-0.25, -0.2) is 0 Å². The van der Waals surface area contributed by atoms with Crippen LogP contribution in [0, 0.1) is 0 Å². The van der Waals surface area contributed by atoms with Gasteiger partial charge in [0.05, 0.1) is 12.2 Å². The highest BCUT2D eigenvalue weighted by molar-refractivity contribution is 5.92. The van der Waals surface area contributed by atoms with E-state index in [1.165, 1.54) is 17.6 Å². The summed E-state index contributed by atoms with van der Waals surface area (Å²) in [4.78, 5) is 23.2. The molecule has 0 fully saturated rings. The van der Waals surface area contributed by atoms with Crippen LogP contribution in [0.2, 0.25) is 0 Å². The minimum absolute atomic E-state index is 0.0985. The molecule has 0 aliphatic carbocycles. The van der Waals surface area contributed by atoms with E-state index in [4.69, 9.17) is 0 Å². The van der Waals surface area contributed by atoms with Gasteiger partial charge in [0.1, 0.15) is 0 Å². The molecular weight excluding hydrogens is 214 g/mol. The lowest BCUT2D eigenvalue weighted by Crippen LogP contribution is -2.24. The predicted molar refractivity (Wildman–Crippen MR) is 66.3 cm³/mol. The minimum Gasteiger partial charge on any atom is -0.301 e. The van der Waals surface area contributed by atoms with E-state index >= 15 is 0 Å². The number of rotatable bonds is 3. The molecule has 17 heavy (non-hydrogen) atoms. The van der Waals surface area contributed by atoms with E-state index in [1.807, 2.05) is 30.3 Å². The second-order valence-electron chi connectivity index (χ2n) is 3.88. The van der Waals surface area contributed by atoms with Gasteiger partial charge < -0.3 is 4.57 Å². The summed E-state index contributed by atoms with van der Waals surface area (Å²) in [6.45, 7) is 1.89. The summed E-state index contributed by atoms with van der Waals surface area (Å²) in [5.74, 6) is -0.0985. The quantitative estimate of drug-likeness (QED) is 0.753. The Labute approximate surface area is 99.3 Å². The van der Waals surface area contributed by atoms with Crippen molar-refractivity contribution >= 4 is 5.78 Å². The summed E-state index contributed by atoms with van der Waals surface area (Å²) in [7, 11) is 0. The molecule has 1 aromatic heterocycles. The zero-order valence-electron chi connectivity index (χ0n) is 9.59. The van der Waals surface area contributed by atoms with Crippen LogP contribution in [-0.2, 0) is 6.54 Å². The van der Waals surface area contributed by atoms with Gasteiger partial charge in [0.2, 0.25) is 0 Å². The van der Waals surface area contributed by atoms with Crippen LogP contribution in [0.3, 0.4) is 0 Å². The van der Waals surface area contributed by atoms with Gasteiger partial charge in [0.15, 0.2) is 5.78 Å². The number of aromatic nitrogens is 1. The van der Waals surface area contributed by atoms with E-state index in [1.54, 1.807) is 12.1 Å². The maximum absolute atomic E-state index is 11.8. The normalized spacial score (nSPS) is 10.2. The summed E-state index contributed by atoms with van der Waals surface area (Å²) in [5, 5.41) is 0. The van der Waals surface area contributed by atoms with Crippen LogP contribution < -0.4 is 5.56 Å². The van der Waals surface area contributed by atoms with Crippen LogP contribution in [0.25, 0.3) is 0 Å². The molecule has 0 radical (unpaired) electrons. The Balaban J connectivity index is 2.45. The maximum atomic E-state index is 11.8. The fourth-order valence-electron chi connectivity index (χ4n) is 1.76. The average molecular weight is 227 g/mol. The number of hydrogen-bond donors (Lipinski definition) is 0. The van der Waals surface area contributed by atoms with Crippen molar-refractivity contribution in [1.82, 2.24) is 4.57 Å². The predicted octanol–water partition coefficient (Wildman–Crippen LogP) is 2.10. The highest BCUT2D eigenvalue weighted by atomic mass is 16.1. The van der Waals surface area contributed by atoms with Gasteiger partial charge in [0.25, 0.3) is 5.56 Å². The van der Waals surface area contributed by atoms with Crippen LogP contribution in [0.4, 0.5) is 0 Å². The average Bonchev–Trinajstić information content (AvgIpc) is 2.33. The van der Waals surface area contributed by atoms with Gasteiger partial charge >= 0.3 is 0 Å². The number of benzene rings is 1. The number of pyridine rings is 1. The Kier molecular flexibility index (Phi) is 3.19. The lowest BCUT2D eigenvalue weighted by molar-refractivity contribution is 0.100. The minimum atomic E-state index is -0.151. The zero-order chi connectivity index (χ0) is 12.3. The van der Waals surface area contributed by atoms with Crippen molar-refractivity contribution in [1.29, 1.82) is 0 Å². The zero-order valence-corrected chi connectivity index (χ0v) is 9.59. The molecule has 0 aliphatic heterocycles. The molecule has 3 heteroatoms. The van der Waals surface area contributed by atoms with Crippen LogP contribution in [-0.4, -0.2) is 10.4 Å². The van der Waals surface area contributed by atoms with E-state index in [2.05, 4.69) is 0 Å². The molecule has 1 aromatic carbocycles. The molecule has 0 amide bonds. The highest BCUT2D eigenvalue weighted by Crippen LogP contribution is 2.04. The first-order chi connectivity index (χ1) is 8.18. The SMILES string of the molecule is CC(=O)c1cccc(=O)n1Cc1ccccc1. The van der Waals surface area contributed by atoms with Crippen molar-refractivity contribution in [3.8, 4) is 0 Å². The number of hydrogen-bond acceptors (Lipinski definition) is 2. The van der Waals surface area contributed by atoms with E-state index in [-0.39, 0.29) is 11.3 Å². The fraction of sp³-hybridized carbons (Fsp3) is 0.143. The first-order valence-electron chi connectivity index (χ1n) is 5.43. The summed E-state index contributed by atoms with van der Waals surface area (Å²) < 4.78 is 1.50. The molecule has 0 saturated heterocycles. The van der Waals surface area contributed by atoms with Crippen LogP contribution in [0.1, 0.15) is 23.0 Å². The molecule has 0 bridgehead atoms. The molecule has 0 aliphatic rings. The van der Waals surface area contributed by atoms with Crippen molar-refractivity contribution in [3.63, 3.8) is 0 Å². The molecule has 0 unspecified atom stereocenters. The molecule has 0 saturated carbocycles. The Morgan fingerprint density at radius 3 is 2.41 bits per heavy atom. The van der Waals surface area contributed by atoms with Gasteiger partial charge in [0, 0.05) is 13.0 Å². The topological polar surface area (TPSA) is 39.1 Å². The lowest BCUT2D eigenvalue weighted by atomic mass is 10.2. The number of carbonyl (C=O) groups excluding carboxylic acids is 1. The molecule has 2 rings (SSSR count). The van der Waals surface area contributed by atoms with Crippen molar-refractivity contribution in [2.45, 2.75) is 13.5 Å². The molecule has 2 aromatic rings. The fourth-order valence-corrected chi connectivity index (χ4v) is 1.76. The van der Waals surface area contributed by atoms with E-state index in [0.717, 1.165) is 5.56 Å². The third kappa shape index (κ3) is 2.50. The number of carbonyl (C=O) groups is 1. The Morgan fingerprint density at radius 1 is 1.06 bits per heavy atom. The van der Waals surface area contributed by atoms with Crippen LogP contribution >= 0.6 is 0 Å². The smallest absolute Gasteiger partial charge is 0.251 e. The van der Waals surface area contributed by atoms with Gasteiger partial charge in [-0.3, -0.25) is 9.59 Å². The maximum Gasteiger partial charge on any atom is 0.251 e. The first-order valence-corrected chi connectivity index (χ1v) is 5.43. The largest absolute Gasteiger partial charge is 0.301 e. The van der Waals surface area contributed by atoms with Crippen molar-refractivity contribution in [2.24, 2.45) is 0 Å². The Bertz CT molecular complexity index is 585. The lowest BCUT2D eigenvalue weighted by Gasteiger charge is -2.10. The van der Waals surface area contributed by atoms with Gasteiger partial charge in [-0.1, -0.05) is 36.4 Å². The number of ketones is 1. The summed E-state index contributed by atoms with van der Waals surface area (Å²) >= 11 is 0. The number of Topliss-reactive ketones (excluding diaryl/α,β-unsaturated/α-hetero) is 1. The van der Waals surface area contributed by atoms with Crippen LogP contribution in [0.15, 0.2) is 53.3 Å². The van der Waals surface area contributed by atoms with E-state index in [9.17, 15) is 9.59 Å². The Hall–Kier alpha value is -2.16. The molecule has 1 heterocycles. The first kappa shape index (κ1) is 11.3. The van der Waals surface area contributed by atoms with Crippen molar-refractivity contribution in [2.75, 3.05) is 0 Å². The molecule has 0 spiro atoms. The number of nitrogens with zero attached hydrogens (tertiary/aromatic N) is 1. The molecular formula is C14H13NO2. The third-order valence-electron chi connectivity index (χ3n) is 2.59. The second-order valence-corrected chi connectivity index (χ2v) is 3.88. The summed E-state index contributed by atoms with van der Waals surface area (Å²) in [6.07, 6.45) is 0. The summed E-state index contributed by atoms with van der Waals surface area (Å²) in [6, 6.07) is 14.4. The molecule has 0 atom stereocenters. The van der Waals surface area contributed by atoms with Gasteiger partial charge in [-0.05, 0) is 11.6 Å². The van der Waals surface area contributed by atoms with E-state index in [0.29, 0.717) is 12.2 Å². The summed E-state index contributed by atoms with van der Waals surface area (Å²) in [5.41, 5.74) is 1.30. The Morgan fingerprint density at radius 2 is 1.76 bits per heavy atom. The standard InChI is InChI=1S/C14H13NO2/c1-11(16)13-8-5-9-14(17)15(13)10-12-6-3-2-4-7-12/h2-9H,10H2,1H3. The van der Waals surface area contributed by atoms with Crippen molar-refractivity contribution < 1.29 is 4.79 Å². The van der Waals surface area contributed by atoms with Gasteiger partial charge in [-0.15, -0.1) is 0 Å². The highest BCUT2D eigenvalue weighted by Gasteiger charge is 2.07. The molecule has 3 nitrogen and oxygen atoms in total. The van der Waals surface area contributed by atoms with Crippen LogP contribution in [0.5, 0.6) is 0 Å². The van der Waals surface area contributed by atoms with Gasteiger partial charge in [-0.2, -0.15) is 0 Å². The third-order valence-corrected chi connectivity index (χ3v) is 2.59. The molecule has 0 N–H and O–H groups in total. The van der Waals surface area contributed by atoms with E-state index < -0.39 is 0 Å². The second kappa shape index (κ2) is 4.78. The van der Waals surface area contributed by atoms with Crippen molar-refractivity contribution in [3.05, 3.63) is 70.1 Å². The molecule has 86 valence electrons. The monoisotopic (exact) mass is 227 g/mol.